The SMILES string of the molecule is Cc1ccc(S[C@@H]2O[C@@H]3C(O)C(c4ccccc4)[C@]3(O)[C@H](O)[C@H]2O)cc1. The van der Waals surface area contributed by atoms with E-state index in [4.69, 9.17) is 4.74 Å². The molecule has 5 nitrogen and oxygen atoms in total. The van der Waals surface area contributed by atoms with Gasteiger partial charge in [-0.05, 0) is 24.6 Å². The third kappa shape index (κ3) is 2.69. The second-order valence-electron chi connectivity index (χ2n) is 7.06. The highest BCUT2D eigenvalue weighted by molar-refractivity contribution is 7.99. The zero-order chi connectivity index (χ0) is 18.5. The molecule has 2 aromatic rings. The average Bonchev–Trinajstić information content (AvgIpc) is 2.65. The van der Waals surface area contributed by atoms with E-state index in [0.29, 0.717) is 5.56 Å². The van der Waals surface area contributed by atoms with Crippen LogP contribution in [0.15, 0.2) is 59.5 Å². The third-order valence-corrected chi connectivity index (χ3v) is 6.56. The third-order valence-electron chi connectivity index (χ3n) is 5.39. The molecule has 0 amide bonds. The molecular formula is C20H22O5S. The maximum absolute atomic E-state index is 11.1. The Balaban J connectivity index is 1.57. The van der Waals surface area contributed by atoms with Crippen LogP contribution in [0.25, 0.3) is 0 Å². The first-order valence-electron chi connectivity index (χ1n) is 8.63. The molecule has 0 radical (unpaired) electrons. The lowest BCUT2D eigenvalue weighted by molar-refractivity contribution is -0.336. The van der Waals surface area contributed by atoms with Gasteiger partial charge in [-0.15, -0.1) is 0 Å². The minimum absolute atomic E-state index is 0.705. The van der Waals surface area contributed by atoms with Crippen molar-refractivity contribution in [3.05, 3.63) is 65.7 Å². The van der Waals surface area contributed by atoms with E-state index in [1.165, 1.54) is 11.8 Å². The van der Waals surface area contributed by atoms with Gasteiger partial charge in [-0.3, -0.25) is 0 Å². The molecule has 1 saturated carbocycles. The number of fused-ring (bicyclic) bond motifs is 1. The summed E-state index contributed by atoms with van der Waals surface area (Å²) in [6.07, 6.45) is -4.60. The minimum Gasteiger partial charge on any atom is -0.390 e. The molecule has 26 heavy (non-hydrogen) atoms. The minimum atomic E-state index is -1.72. The van der Waals surface area contributed by atoms with Crippen molar-refractivity contribution in [3.63, 3.8) is 0 Å². The highest BCUT2D eigenvalue weighted by atomic mass is 32.2. The van der Waals surface area contributed by atoms with Gasteiger partial charge in [-0.2, -0.15) is 0 Å². The van der Waals surface area contributed by atoms with Crippen molar-refractivity contribution in [2.75, 3.05) is 0 Å². The lowest BCUT2D eigenvalue weighted by Gasteiger charge is -2.62. The van der Waals surface area contributed by atoms with Crippen LogP contribution in [0.4, 0.5) is 0 Å². The molecule has 2 aromatic carbocycles. The van der Waals surface area contributed by atoms with Gasteiger partial charge in [0.15, 0.2) is 0 Å². The van der Waals surface area contributed by atoms with Gasteiger partial charge in [0.2, 0.25) is 0 Å². The van der Waals surface area contributed by atoms with Gasteiger partial charge >= 0.3 is 0 Å². The molecule has 1 heterocycles. The van der Waals surface area contributed by atoms with Crippen LogP contribution in [0.5, 0.6) is 0 Å². The van der Waals surface area contributed by atoms with Crippen molar-refractivity contribution in [2.24, 2.45) is 0 Å². The highest BCUT2D eigenvalue weighted by Crippen LogP contribution is 2.54. The Hall–Kier alpha value is -1.41. The van der Waals surface area contributed by atoms with Gasteiger partial charge in [-0.25, -0.2) is 0 Å². The number of hydrogen-bond acceptors (Lipinski definition) is 6. The van der Waals surface area contributed by atoms with E-state index < -0.39 is 41.4 Å². The molecule has 1 aliphatic carbocycles. The molecule has 2 fully saturated rings. The number of aliphatic hydroxyl groups excluding tert-OH is 3. The number of ether oxygens (including phenoxy) is 1. The number of thioether (sulfide) groups is 1. The largest absolute Gasteiger partial charge is 0.390 e. The van der Waals surface area contributed by atoms with Crippen LogP contribution >= 0.6 is 11.8 Å². The van der Waals surface area contributed by atoms with Gasteiger partial charge in [0.1, 0.15) is 29.3 Å². The summed E-state index contributed by atoms with van der Waals surface area (Å²) >= 11 is 1.27. The molecule has 0 aromatic heterocycles. The lowest BCUT2D eigenvalue weighted by atomic mass is 9.57. The molecule has 1 saturated heterocycles. The standard InChI is InChI=1S/C20H22O5S/c1-11-7-9-13(10-8-11)26-19-16(22)17(23)20(24)14(15(21)18(20)25-19)12-5-3-2-4-6-12/h2-10,14-19,21-24H,1H3/t14?,15?,16-,17-,18-,19+,20+/m1/s1. The maximum Gasteiger partial charge on any atom is 0.136 e. The Kier molecular flexibility index (Phi) is 4.59. The molecular weight excluding hydrogens is 352 g/mol. The van der Waals surface area contributed by atoms with Crippen LogP contribution in [0.1, 0.15) is 17.0 Å². The molecule has 2 unspecified atom stereocenters. The molecule has 6 heteroatoms. The van der Waals surface area contributed by atoms with E-state index >= 15 is 0 Å². The molecule has 0 bridgehead atoms. The molecule has 4 N–H and O–H groups in total. The summed E-state index contributed by atoms with van der Waals surface area (Å²) in [7, 11) is 0. The van der Waals surface area contributed by atoms with Crippen molar-refractivity contribution >= 4 is 11.8 Å². The Bertz CT molecular complexity index is 764. The predicted molar refractivity (Wildman–Crippen MR) is 97.9 cm³/mol. The first-order chi connectivity index (χ1) is 12.4. The summed E-state index contributed by atoms with van der Waals surface area (Å²) in [6.45, 7) is 1.98. The van der Waals surface area contributed by atoms with Crippen LogP contribution in [-0.4, -0.2) is 55.9 Å². The Morgan fingerprint density at radius 2 is 1.58 bits per heavy atom. The fraction of sp³-hybridized carbons (Fsp3) is 0.400. The Labute approximate surface area is 156 Å². The molecule has 1 aliphatic heterocycles. The van der Waals surface area contributed by atoms with Crippen LogP contribution in [0, 0.1) is 6.92 Å². The first kappa shape index (κ1) is 18.0. The second kappa shape index (κ2) is 6.64. The highest BCUT2D eigenvalue weighted by Gasteiger charge is 2.70. The summed E-state index contributed by atoms with van der Waals surface area (Å²) < 4.78 is 5.82. The topological polar surface area (TPSA) is 90.2 Å². The number of rotatable bonds is 3. The monoisotopic (exact) mass is 374 g/mol. The van der Waals surface area contributed by atoms with E-state index in [9.17, 15) is 20.4 Å². The van der Waals surface area contributed by atoms with Crippen LogP contribution in [-0.2, 0) is 4.74 Å². The lowest BCUT2D eigenvalue weighted by Crippen LogP contribution is -2.79. The van der Waals surface area contributed by atoms with E-state index in [-0.39, 0.29) is 0 Å². The number of hydrogen-bond donors (Lipinski definition) is 4. The fourth-order valence-electron chi connectivity index (χ4n) is 3.94. The molecule has 7 atom stereocenters. The van der Waals surface area contributed by atoms with Crippen molar-refractivity contribution in [1.82, 2.24) is 0 Å². The van der Waals surface area contributed by atoms with Gasteiger partial charge in [-0.1, -0.05) is 59.8 Å². The van der Waals surface area contributed by atoms with Crippen molar-refractivity contribution in [2.45, 2.75) is 53.2 Å². The van der Waals surface area contributed by atoms with Crippen molar-refractivity contribution in [1.29, 1.82) is 0 Å². The smallest absolute Gasteiger partial charge is 0.136 e. The maximum atomic E-state index is 11.1. The molecule has 0 spiro atoms. The van der Waals surface area contributed by atoms with Crippen LogP contribution in [0.2, 0.25) is 0 Å². The first-order valence-corrected chi connectivity index (χ1v) is 9.51. The Morgan fingerprint density at radius 1 is 0.923 bits per heavy atom. The summed E-state index contributed by atoms with van der Waals surface area (Å²) in [6, 6.07) is 16.8. The summed E-state index contributed by atoms with van der Waals surface area (Å²) in [5.41, 5.74) is -0.665. The van der Waals surface area contributed by atoms with Crippen LogP contribution < -0.4 is 0 Å². The van der Waals surface area contributed by atoms with E-state index in [2.05, 4.69) is 0 Å². The number of benzene rings is 2. The molecule has 4 rings (SSSR count). The van der Waals surface area contributed by atoms with Gasteiger partial charge in [0.05, 0.1) is 6.10 Å². The van der Waals surface area contributed by atoms with Gasteiger partial charge in [0, 0.05) is 10.8 Å². The quantitative estimate of drug-likeness (QED) is 0.650. The van der Waals surface area contributed by atoms with Gasteiger partial charge < -0.3 is 25.2 Å². The zero-order valence-corrected chi connectivity index (χ0v) is 15.1. The predicted octanol–water partition coefficient (Wildman–Crippen LogP) is 1.42. The summed E-state index contributed by atoms with van der Waals surface area (Å²) in [5, 5.41) is 42.8. The van der Waals surface area contributed by atoms with E-state index in [0.717, 1.165) is 10.5 Å². The molecule has 138 valence electrons. The van der Waals surface area contributed by atoms with Gasteiger partial charge in [0.25, 0.3) is 0 Å². The zero-order valence-electron chi connectivity index (χ0n) is 14.3. The summed E-state index contributed by atoms with van der Waals surface area (Å²) in [4.78, 5) is 0.880. The number of aliphatic hydroxyl groups is 4. The molecule has 2 aliphatic rings. The van der Waals surface area contributed by atoms with Crippen LogP contribution in [0.3, 0.4) is 0 Å². The van der Waals surface area contributed by atoms with Crippen molar-refractivity contribution in [3.8, 4) is 0 Å². The van der Waals surface area contributed by atoms with E-state index in [1.54, 1.807) is 24.3 Å². The fourth-order valence-corrected chi connectivity index (χ4v) is 4.97. The second-order valence-corrected chi connectivity index (χ2v) is 8.23. The number of aryl methyl sites for hydroxylation is 1. The Morgan fingerprint density at radius 3 is 2.23 bits per heavy atom. The average molecular weight is 374 g/mol. The normalized spacial score (nSPS) is 39.1. The van der Waals surface area contributed by atoms with Crippen molar-refractivity contribution < 1.29 is 25.2 Å². The summed E-state index contributed by atoms with van der Waals surface area (Å²) in [5.74, 6) is -0.705. The van der Waals surface area contributed by atoms with E-state index in [1.807, 2.05) is 37.3 Å².